The van der Waals surface area contributed by atoms with Gasteiger partial charge >= 0.3 is 5.97 Å². The second-order valence-corrected chi connectivity index (χ2v) is 7.26. The van der Waals surface area contributed by atoms with Gasteiger partial charge in [-0.15, -0.1) is 11.8 Å². The first kappa shape index (κ1) is 19.0. The van der Waals surface area contributed by atoms with E-state index in [0.29, 0.717) is 23.5 Å². The minimum atomic E-state index is -0.603. The van der Waals surface area contributed by atoms with Gasteiger partial charge in [0.1, 0.15) is 0 Å². The van der Waals surface area contributed by atoms with E-state index in [9.17, 15) is 14.4 Å². The second kappa shape index (κ2) is 8.73. The summed E-state index contributed by atoms with van der Waals surface area (Å²) in [6.45, 7) is 2.13. The highest BCUT2D eigenvalue weighted by molar-refractivity contribution is 8.00. The third-order valence-electron chi connectivity index (χ3n) is 4.16. The molecule has 6 nitrogen and oxygen atoms in total. The maximum absolute atomic E-state index is 12.2. The van der Waals surface area contributed by atoms with Crippen LogP contribution in [0.15, 0.2) is 53.4 Å². The van der Waals surface area contributed by atoms with Gasteiger partial charge in [-0.1, -0.05) is 37.3 Å². The van der Waals surface area contributed by atoms with E-state index < -0.39 is 5.97 Å². The number of thioether (sulfide) groups is 1. The number of carbonyl (C=O) groups excluding carboxylic acids is 3. The molecule has 2 aromatic carbocycles. The van der Waals surface area contributed by atoms with Crippen molar-refractivity contribution in [2.24, 2.45) is 0 Å². The lowest BCUT2D eigenvalue weighted by atomic mass is 10.0. The molecule has 0 aromatic heterocycles. The van der Waals surface area contributed by atoms with Gasteiger partial charge in [0.15, 0.2) is 6.61 Å². The van der Waals surface area contributed by atoms with E-state index in [0.717, 1.165) is 10.5 Å². The number of benzene rings is 2. The molecular weight excluding hydrogens is 364 g/mol. The van der Waals surface area contributed by atoms with Gasteiger partial charge in [-0.05, 0) is 29.7 Å². The van der Waals surface area contributed by atoms with Gasteiger partial charge in [-0.25, -0.2) is 4.79 Å². The summed E-state index contributed by atoms with van der Waals surface area (Å²) in [5.74, 6) is -0.544. The molecular formula is C20H20N2O4S. The maximum atomic E-state index is 12.2. The van der Waals surface area contributed by atoms with Crippen molar-refractivity contribution in [1.82, 2.24) is 5.32 Å². The summed E-state index contributed by atoms with van der Waals surface area (Å²) in [6.07, 6.45) is 0. The van der Waals surface area contributed by atoms with E-state index in [1.807, 2.05) is 37.3 Å². The Morgan fingerprint density at radius 1 is 1.22 bits per heavy atom. The van der Waals surface area contributed by atoms with Crippen LogP contribution in [0.3, 0.4) is 0 Å². The molecule has 0 spiro atoms. The molecule has 0 saturated heterocycles. The van der Waals surface area contributed by atoms with Gasteiger partial charge < -0.3 is 15.4 Å². The van der Waals surface area contributed by atoms with Gasteiger partial charge in [0.25, 0.3) is 5.91 Å². The Bertz CT molecular complexity index is 854. The quantitative estimate of drug-likeness (QED) is 0.748. The fraction of sp³-hybridized carbons (Fsp3) is 0.250. The minimum absolute atomic E-state index is 0.107. The number of amides is 2. The zero-order chi connectivity index (χ0) is 19.2. The van der Waals surface area contributed by atoms with E-state index >= 15 is 0 Å². The van der Waals surface area contributed by atoms with Crippen molar-refractivity contribution in [3.8, 4) is 0 Å². The molecule has 2 amide bonds. The van der Waals surface area contributed by atoms with Crippen LogP contribution in [0.2, 0.25) is 0 Å². The second-order valence-electron chi connectivity index (χ2n) is 6.24. The Kier molecular flexibility index (Phi) is 6.13. The van der Waals surface area contributed by atoms with Crippen LogP contribution in [-0.2, 0) is 14.3 Å². The molecule has 2 N–H and O–H groups in total. The summed E-state index contributed by atoms with van der Waals surface area (Å²) in [5.41, 5.74) is 2.01. The van der Waals surface area contributed by atoms with Gasteiger partial charge in [0.2, 0.25) is 5.91 Å². The molecule has 27 heavy (non-hydrogen) atoms. The molecule has 2 aromatic rings. The Balaban J connectivity index is 1.48. The highest BCUT2D eigenvalue weighted by atomic mass is 32.2. The molecule has 0 saturated carbocycles. The van der Waals surface area contributed by atoms with E-state index in [2.05, 4.69) is 10.6 Å². The third kappa shape index (κ3) is 5.10. The molecule has 3 rings (SSSR count). The predicted octanol–water partition coefficient (Wildman–Crippen LogP) is 2.81. The number of rotatable bonds is 6. The highest BCUT2D eigenvalue weighted by Crippen LogP contribution is 2.32. The highest BCUT2D eigenvalue weighted by Gasteiger charge is 2.18. The number of ether oxygens (including phenoxy) is 1. The van der Waals surface area contributed by atoms with Gasteiger partial charge in [-0.3, -0.25) is 9.59 Å². The van der Waals surface area contributed by atoms with Gasteiger partial charge in [0.05, 0.1) is 17.0 Å². The normalized spacial score (nSPS) is 13.9. The minimum Gasteiger partial charge on any atom is -0.452 e. The van der Waals surface area contributed by atoms with Crippen molar-refractivity contribution in [1.29, 1.82) is 0 Å². The molecule has 0 radical (unpaired) electrons. The number of esters is 1. The first-order valence-corrected chi connectivity index (χ1v) is 9.57. The Labute approximate surface area is 161 Å². The van der Waals surface area contributed by atoms with Crippen molar-refractivity contribution < 1.29 is 19.1 Å². The number of hydrogen-bond donors (Lipinski definition) is 2. The zero-order valence-electron chi connectivity index (χ0n) is 14.9. The molecule has 7 heteroatoms. The Hall–Kier alpha value is -2.80. The van der Waals surface area contributed by atoms with Crippen molar-refractivity contribution >= 4 is 35.2 Å². The van der Waals surface area contributed by atoms with Crippen LogP contribution in [0.5, 0.6) is 0 Å². The lowest BCUT2D eigenvalue weighted by Crippen LogP contribution is -2.31. The molecule has 1 heterocycles. The molecule has 1 aliphatic rings. The van der Waals surface area contributed by atoms with Crippen LogP contribution in [-0.4, -0.2) is 36.7 Å². The molecule has 1 atom stereocenters. The summed E-state index contributed by atoms with van der Waals surface area (Å²) >= 11 is 1.41. The lowest BCUT2D eigenvalue weighted by molar-refractivity contribution is -0.124. The molecule has 0 fully saturated rings. The van der Waals surface area contributed by atoms with Crippen LogP contribution >= 0.6 is 11.8 Å². The summed E-state index contributed by atoms with van der Waals surface area (Å²) in [6, 6.07) is 14.8. The average Bonchev–Trinajstić information content (AvgIpc) is 2.70. The van der Waals surface area contributed by atoms with Crippen LogP contribution in [0.4, 0.5) is 5.69 Å². The van der Waals surface area contributed by atoms with E-state index in [4.69, 9.17) is 4.74 Å². The molecule has 140 valence electrons. The van der Waals surface area contributed by atoms with E-state index in [-0.39, 0.29) is 24.3 Å². The van der Waals surface area contributed by atoms with Crippen molar-refractivity contribution in [2.45, 2.75) is 17.7 Å². The zero-order valence-corrected chi connectivity index (χ0v) is 15.7. The van der Waals surface area contributed by atoms with Gasteiger partial charge in [0, 0.05) is 11.4 Å². The van der Waals surface area contributed by atoms with Crippen LogP contribution in [0.25, 0.3) is 0 Å². The van der Waals surface area contributed by atoms with E-state index in [1.165, 1.54) is 11.8 Å². The summed E-state index contributed by atoms with van der Waals surface area (Å²) < 4.78 is 5.08. The summed E-state index contributed by atoms with van der Waals surface area (Å²) in [4.78, 5) is 36.4. The van der Waals surface area contributed by atoms with Crippen LogP contribution in [0.1, 0.15) is 28.8 Å². The van der Waals surface area contributed by atoms with Crippen molar-refractivity contribution in [2.75, 3.05) is 24.2 Å². The average molecular weight is 384 g/mol. The monoisotopic (exact) mass is 384 g/mol. The number of carbonyl (C=O) groups is 3. The number of fused-ring (bicyclic) bond motifs is 1. The molecule has 0 aliphatic carbocycles. The first-order chi connectivity index (χ1) is 13.0. The topological polar surface area (TPSA) is 84.5 Å². The Morgan fingerprint density at radius 2 is 2.00 bits per heavy atom. The van der Waals surface area contributed by atoms with Crippen LogP contribution in [0, 0.1) is 0 Å². The van der Waals surface area contributed by atoms with Gasteiger partial charge in [-0.2, -0.15) is 0 Å². The third-order valence-corrected chi connectivity index (χ3v) is 5.23. The number of nitrogens with one attached hydrogen (secondary N) is 2. The fourth-order valence-corrected chi connectivity index (χ4v) is 3.43. The summed E-state index contributed by atoms with van der Waals surface area (Å²) in [5, 5.41) is 5.49. The maximum Gasteiger partial charge on any atom is 0.338 e. The molecule has 1 aliphatic heterocycles. The van der Waals surface area contributed by atoms with Crippen LogP contribution < -0.4 is 10.6 Å². The number of hydrogen-bond acceptors (Lipinski definition) is 5. The Morgan fingerprint density at radius 3 is 2.78 bits per heavy atom. The largest absolute Gasteiger partial charge is 0.452 e. The number of anilines is 1. The lowest BCUT2D eigenvalue weighted by Gasteiger charge is -2.16. The van der Waals surface area contributed by atoms with Crippen molar-refractivity contribution in [3.63, 3.8) is 0 Å². The van der Waals surface area contributed by atoms with E-state index in [1.54, 1.807) is 18.2 Å². The predicted molar refractivity (Wildman–Crippen MR) is 104 cm³/mol. The molecule has 1 unspecified atom stereocenters. The van der Waals surface area contributed by atoms with Crippen molar-refractivity contribution in [3.05, 3.63) is 59.7 Å². The standard InChI is InChI=1S/C20H20N2O4S/c1-13(14-5-3-2-4-6-14)10-21-18(23)11-26-20(25)15-7-8-17-16(9-15)22-19(24)12-27-17/h2-9,13H,10-12H2,1H3,(H,21,23)(H,22,24). The molecule has 0 bridgehead atoms. The summed E-state index contributed by atoms with van der Waals surface area (Å²) in [7, 11) is 0. The fourth-order valence-electron chi connectivity index (χ4n) is 2.64. The smallest absolute Gasteiger partial charge is 0.338 e. The SMILES string of the molecule is CC(CNC(=O)COC(=O)c1ccc2c(c1)NC(=O)CS2)c1ccccc1. The first-order valence-electron chi connectivity index (χ1n) is 8.58.